The molecular weight excluding hydrogens is 528 g/mol. The molecule has 0 spiro atoms. The number of methoxy groups -OCH3 is 1. The van der Waals surface area contributed by atoms with Gasteiger partial charge in [0.15, 0.2) is 10.9 Å². The topological polar surface area (TPSA) is 84.9 Å². The summed E-state index contributed by atoms with van der Waals surface area (Å²) in [5.74, 6) is -1.15. The highest BCUT2D eigenvalue weighted by Gasteiger charge is 2.34. The highest BCUT2D eigenvalue weighted by Crippen LogP contribution is 2.34. The number of thiocarbonyl (C=S) groups is 1. The van der Waals surface area contributed by atoms with Gasteiger partial charge >= 0.3 is 5.97 Å². The molecule has 11 heteroatoms. The lowest BCUT2D eigenvalue weighted by molar-refractivity contribution is -0.142. The van der Waals surface area contributed by atoms with E-state index in [1.807, 2.05) is 0 Å². The number of benzene rings is 2. The molecule has 1 aliphatic rings. The van der Waals surface area contributed by atoms with Gasteiger partial charge in [0.2, 0.25) is 0 Å². The van der Waals surface area contributed by atoms with E-state index < -0.39 is 17.8 Å². The van der Waals surface area contributed by atoms with Crippen molar-refractivity contribution in [1.29, 1.82) is 0 Å². The van der Waals surface area contributed by atoms with Crippen molar-refractivity contribution in [3.63, 3.8) is 0 Å². The van der Waals surface area contributed by atoms with Crippen molar-refractivity contribution in [1.82, 2.24) is 10.4 Å². The summed E-state index contributed by atoms with van der Waals surface area (Å²) in [6.45, 7) is -0.281. The van der Waals surface area contributed by atoms with Crippen LogP contribution in [0, 0.1) is 0 Å². The van der Waals surface area contributed by atoms with Crippen molar-refractivity contribution in [3.8, 4) is 5.75 Å². The molecule has 160 valence electrons. The van der Waals surface area contributed by atoms with Crippen LogP contribution < -0.4 is 10.2 Å². The van der Waals surface area contributed by atoms with Gasteiger partial charge in [-0.3, -0.25) is 15.0 Å². The maximum absolute atomic E-state index is 12.8. The number of nitrogens with one attached hydrogen (secondary N) is 1. The number of hydrogen-bond donors (Lipinski definition) is 1. The van der Waals surface area contributed by atoms with Gasteiger partial charge in [-0.05, 0) is 60.8 Å². The minimum absolute atomic E-state index is 0.172. The second-order valence-corrected chi connectivity index (χ2v) is 9.04. The van der Waals surface area contributed by atoms with Crippen LogP contribution in [0.1, 0.15) is 15.9 Å². The fraction of sp³-hybridized carbons (Fsp3) is 0.100. The standard InChI is InChI=1S/C20H14BrClN2O5S2/c1-28-17(25)10-29-15-7-4-13(21)8-12(15)9-16-19(27)24(20(30)31-16)23-18(26)11-2-5-14(22)6-3-11/h2-9H,10H2,1H3,(H,23,26)/b16-9+. The number of hydrogen-bond acceptors (Lipinski definition) is 7. The molecule has 2 amide bonds. The van der Waals surface area contributed by atoms with Crippen molar-refractivity contribution in [2.75, 3.05) is 13.7 Å². The maximum Gasteiger partial charge on any atom is 0.343 e. The predicted octanol–water partition coefficient (Wildman–Crippen LogP) is 4.20. The molecule has 1 heterocycles. The first-order valence-corrected chi connectivity index (χ1v) is 11.0. The quantitative estimate of drug-likeness (QED) is 0.333. The smallest absolute Gasteiger partial charge is 0.343 e. The Labute approximate surface area is 200 Å². The molecule has 0 radical (unpaired) electrons. The molecule has 3 rings (SSSR count). The Kier molecular flexibility index (Phi) is 7.71. The molecule has 1 fully saturated rings. The first kappa shape index (κ1) is 23.3. The zero-order valence-electron chi connectivity index (χ0n) is 15.9. The van der Waals surface area contributed by atoms with Crippen molar-refractivity contribution < 1.29 is 23.9 Å². The Hall–Kier alpha value is -2.40. The minimum atomic E-state index is -0.537. The lowest BCUT2D eigenvalue weighted by Crippen LogP contribution is -2.44. The van der Waals surface area contributed by atoms with Gasteiger partial charge in [0.05, 0.1) is 12.0 Å². The summed E-state index contributed by atoms with van der Waals surface area (Å²) in [7, 11) is 1.26. The maximum atomic E-state index is 12.8. The van der Waals surface area contributed by atoms with Crippen molar-refractivity contribution in [2.45, 2.75) is 0 Å². The van der Waals surface area contributed by atoms with Crippen molar-refractivity contribution in [2.24, 2.45) is 0 Å². The Balaban J connectivity index is 1.80. The normalized spacial score (nSPS) is 14.7. The van der Waals surface area contributed by atoms with Gasteiger partial charge in [-0.15, -0.1) is 0 Å². The molecule has 1 aliphatic heterocycles. The number of carbonyl (C=O) groups is 3. The van der Waals surface area contributed by atoms with E-state index >= 15 is 0 Å². The van der Waals surface area contributed by atoms with E-state index in [0.717, 1.165) is 21.2 Å². The third-order valence-corrected chi connectivity index (χ3v) is 5.99. The average molecular weight is 542 g/mol. The highest BCUT2D eigenvalue weighted by molar-refractivity contribution is 9.10. The summed E-state index contributed by atoms with van der Waals surface area (Å²) in [6.07, 6.45) is 1.57. The van der Waals surface area contributed by atoms with Crippen LogP contribution in [0.5, 0.6) is 5.75 Å². The second kappa shape index (κ2) is 10.3. The molecule has 0 saturated carbocycles. The summed E-state index contributed by atoms with van der Waals surface area (Å²) in [4.78, 5) is 36.9. The molecule has 1 N–H and O–H groups in total. The number of rotatable bonds is 6. The number of amides is 2. The number of halogens is 2. The Morgan fingerprint density at radius 1 is 1.26 bits per heavy atom. The van der Waals surface area contributed by atoms with E-state index in [0.29, 0.717) is 21.9 Å². The van der Waals surface area contributed by atoms with Crippen LogP contribution in [0.2, 0.25) is 5.02 Å². The van der Waals surface area contributed by atoms with E-state index in [4.69, 9.17) is 28.6 Å². The first-order valence-electron chi connectivity index (χ1n) is 8.62. The Morgan fingerprint density at radius 2 is 1.97 bits per heavy atom. The molecule has 2 aromatic carbocycles. The van der Waals surface area contributed by atoms with E-state index in [1.165, 1.54) is 19.2 Å². The van der Waals surface area contributed by atoms with Crippen LogP contribution in [0.25, 0.3) is 6.08 Å². The van der Waals surface area contributed by atoms with Crippen LogP contribution in [-0.4, -0.2) is 40.8 Å². The third-order valence-electron chi connectivity index (χ3n) is 3.95. The van der Waals surface area contributed by atoms with Gasteiger partial charge in [0.1, 0.15) is 5.75 Å². The van der Waals surface area contributed by atoms with Gasteiger partial charge in [-0.2, -0.15) is 5.01 Å². The molecule has 31 heavy (non-hydrogen) atoms. The van der Waals surface area contributed by atoms with Gasteiger partial charge in [0.25, 0.3) is 11.8 Å². The molecule has 0 atom stereocenters. The predicted molar refractivity (Wildman–Crippen MR) is 126 cm³/mol. The van der Waals surface area contributed by atoms with Crippen LogP contribution in [0.4, 0.5) is 0 Å². The largest absolute Gasteiger partial charge is 0.481 e. The Morgan fingerprint density at radius 3 is 2.65 bits per heavy atom. The third kappa shape index (κ3) is 5.85. The number of thioether (sulfide) groups is 1. The fourth-order valence-electron chi connectivity index (χ4n) is 2.43. The van der Waals surface area contributed by atoms with E-state index in [2.05, 4.69) is 26.1 Å². The summed E-state index contributed by atoms with van der Waals surface area (Å²) in [5.41, 5.74) is 3.37. The number of ether oxygens (including phenoxy) is 2. The molecule has 0 aromatic heterocycles. The lowest BCUT2D eigenvalue weighted by Gasteiger charge is -2.15. The molecular formula is C20H14BrClN2O5S2. The SMILES string of the molecule is COC(=O)COc1ccc(Br)cc1/C=C1/SC(=S)N(NC(=O)c2ccc(Cl)cc2)C1=O. The van der Waals surface area contributed by atoms with Gasteiger partial charge in [0, 0.05) is 20.6 Å². The zero-order valence-corrected chi connectivity index (χ0v) is 19.9. The van der Waals surface area contributed by atoms with E-state index in [-0.39, 0.29) is 15.8 Å². The van der Waals surface area contributed by atoms with Crippen LogP contribution in [0.15, 0.2) is 51.8 Å². The van der Waals surface area contributed by atoms with Crippen LogP contribution >= 0.6 is 51.5 Å². The summed E-state index contributed by atoms with van der Waals surface area (Å²) < 4.78 is 11.0. The van der Waals surface area contributed by atoms with Gasteiger partial charge < -0.3 is 9.47 Å². The molecule has 2 aromatic rings. The number of nitrogens with zero attached hydrogens (tertiary/aromatic N) is 1. The molecule has 0 aliphatic carbocycles. The highest BCUT2D eigenvalue weighted by atomic mass is 79.9. The molecule has 1 saturated heterocycles. The Bertz CT molecular complexity index is 1090. The van der Waals surface area contributed by atoms with E-state index in [1.54, 1.807) is 36.4 Å². The number of carbonyl (C=O) groups excluding carboxylic acids is 3. The monoisotopic (exact) mass is 540 g/mol. The summed E-state index contributed by atoms with van der Waals surface area (Å²) >= 11 is 15.5. The number of esters is 1. The first-order chi connectivity index (χ1) is 14.8. The molecule has 0 unspecified atom stereocenters. The summed E-state index contributed by atoms with van der Waals surface area (Å²) in [6, 6.07) is 11.3. The van der Waals surface area contributed by atoms with Crippen LogP contribution in [-0.2, 0) is 14.3 Å². The molecule has 0 bridgehead atoms. The van der Waals surface area contributed by atoms with Crippen LogP contribution in [0.3, 0.4) is 0 Å². The van der Waals surface area contributed by atoms with Crippen molar-refractivity contribution in [3.05, 3.63) is 68.0 Å². The zero-order chi connectivity index (χ0) is 22.5. The summed E-state index contributed by atoms with van der Waals surface area (Å²) in [5, 5.41) is 1.50. The van der Waals surface area contributed by atoms with Gasteiger partial charge in [-0.25, -0.2) is 4.79 Å². The fourth-order valence-corrected chi connectivity index (χ4v) is 4.11. The van der Waals surface area contributed by atoms with E-state index in [9.17, 15) is 14.4 Å². The van der Waals surface area contributed by atoms with Gasteiger partial charge in [-0.1, -0.05) is 39.3 Å². The minimum Gasteiger partial charge on any atom is -0.481 e. The second-order valence-electron chi connectivity index (χ2n) is 6.01. The lowest BCUT2D eigenvalue weighted by atomic mass is 10.2. The molecule has 7 nitrogen and oxygen atoms in total. The van der Waals surface area contributed by atoms with Crippen molar-refractivity contribution >= 4 is 79.7 Å². The average Bonchev–Trinajstić information content (AvgIpc) is 3.00. The number of hydrazine groups is 1.